The Balaban J connectivity index is 2.12. The van der Waals surface area contributed by atoms with Gasteiger partial charge in [0.15, 0.2) is 0 Å². The largest absolute Gasteiger partial charge is 0.370 e. The molecule has 2 atom stereocenters. The Morgan fingerprint density at radius 2 is 2.21 bits per heavy atom. The van der Waals surface area contributed by atoms with Gasteiger partial charge in [0.1, 0.15) is 5.82 Å². The quantitative estimate of drug-likeness (QED) is 0.738. The van der Waals surface area contributed by atoms with Gasteiger partial charge in [0.2, 0.25) is 0 Å². The molecule has 0 aromatic heterocycles. The van der Waals surface area contributed by atoms with E-state index in [1.165, 1.54) is 6.07 Å². The van der Waals surface area contributed by atoms with Gasteiger partial charge in [-0.15, -0.1) is 0 Å². The Kier molecular flexibility index (Phi) is 2.79. The summed E-state index contributed by atoms with van der Waals surface area (Å²) < 4.78 is 18.9. The highest BCUT2D eigenvalue weighted by Gasteiger charge is 2.21. The summed E-state index contributed by atoms with van der Waals surface area (Å²) in [4.78, 5) is 0. The number of benzene rings is 1. The second-order valence-electron chi connectivity index (χ2n) is 3.65. The van der Waals surface area contributed by atoms with Crippen LogP contribution in [-0.2, 0) is 4.74 Å². The second kappa shape index (κ2) is 4.07. The first-order valence-electron chi connectivity index (χ1n) is 4.87. The van der Waals surface area contributed by atoms with Crippen molar-refractivity contribution in [3.63, 3.8) is 0 Å². The van der Waals surface area contributed by atoms with Gasteiger partial charge >= 0.3 is 0 Å². The van der Waals surface area contributed by atoms with Crippen molar-refractivity contribution in [2.45, 2.75) is 19.1 Å². The zero-order chi connectivity index (χ0) is 9.97. The maximum Gasteiger partial charge on any atom is 0.129 e. The van der Waals surface area contributed by atoms with Gasteiger partial charge in [-0.05, 0) is 13.0 Å². The predicted octanol–water partition coefficient (Wildman–Crippen LogP) is 1.88. The van der Waals surface area contributed by atoms with Gasteiger partial charge in [-0.25, -0.2) is 4.39 Å². The standard InChI is InChI=1S/C11H14FNO/c1-8-7-14-11(6-13-8)9-4-2-3-5-10(9)12/h2-5,8,11,13H,6-7H2,1H3. The fraction of sp³-hybridized carbons (Fsp3) is 0.455. The van der Waals surface area contributed by atoms with Crippen LogP contribution in [0.5, 0.6) is 0 Å². The molecular weight excluding hydrogens is 181 g/mol. The molecule has 0 amide bonds. The third kappa shape index (κ3) is 1.94. The summed E-state index contributed by atoms with van der Waals surface area (Å²) in [5, 5.41) is 3.27. The van der Waals surface area contributed by atoms with E-state index in [4.69, 9.17) is 4.74 Å². The number of nitrogens with one attached hydrogen (secondary N) is 1. The molecule has 1 aromatic rings. The molecule has 1 N–H and O–H groups in total. The average Bonchev–Trinajstić information content (AvgIpc) is 2.20. The second-order valence-corrected chi connectivity index (χ2v) is 3.65. The number of halogens is 1. The number of hydrogen-bond acceptors (Lipinski definition) is 2. The van der Waals surface area contributed by atoms with E-state index in [-0.39, 0.29) is 11.9 Å². The van der Waals surface area contributed by atoms with Crippen molar-refractivity contribution in [3.8, 4) is 0 Å². The maximum absolute atomic E-state index is 13.4. The van der Waals surface area contributed by atoms with Crippen LogP contribution in [0.2, 0.25) is 0 Å². The molecule has 0 saturated carbocycles. The molecule has 2 nitrogen and oxygen atoms in total. The molecule has 1 aliphatic heterocycles. The number of ether oxygens (including phenoxy) is 1. The summed E-state index contributed by atoms with van der Waals surface area (Å²) in [6.45, 7) is 3.37. The van der Waals surface area contributed by atoms with Crippen LogP contribution in [-0.4, -0.2) is 19.2 Å². The number of hydrogen-bond donors (Lipinski definition) is 1. The Morgan fingerprint density at radius 3 is 2.86 bits per heavy atom. The SMILES string of the molecule is CC1COC(c2ccccc2F)CN1. The van der Waals surface area contributed by atoms with Crippen molar-refractivity contribution >= 4 is 0 Å². The lowest BCUT2D eigenvalue weighted by Crippen LogP contribution is -2.40. The fourth-order valence-corrected chi connectivity index (χ4v) is 1.62. The molecule has 1 aliphatic rings. The smallest absolute Gasteiger partial charge is 0.129 e. The van der Waals surface area contributed by atoms with Crippen LogP contribution < -0.4 is 5.32 Å². The highest BCUT2D eigenvalue weighted by Crippen LogP contribution is 2.22. The average molecular weight is 195 g/mol. The zero-order valence-electron chi connectivity index (χ0n) is 8.16. The molecule has 76 valence electrons. The molecular formula is C11H14FNO. The van der Waals surface area contributed by atoms with Gasteiger partial charge in [-0.3, -0.25) is 0 Å². The van der Waals surface area contributed by atoms with E-state index in [1.54, 1.807) is 12.1 Å². The zero-order valence-corrected chi connectivity index (χ0v) is 8.16. The van der Waals surface area contributed by atoms with Crippen molar-refractivity contribution in [1.29, 1.82) is 0 Å². The summed E-state index contributed by atoms with van der Waals surface area (Å²) in [6, 6.07) is 7.13. The lowest BCUT2D eigenvalue weighted by Gasteiger charge is -2.28. The molecule has 3 heteroatoms. The van der Waals surface area contributed by atoms with Crippen LogP contribution in [0.4, 0.5) is 4.39 Å². The van der Waals surface area contributed by atoms with E-state index in [0.29, 0.717) is 24.8 Å². The summed E-state index contributed by atoms with van der Waals surface area (Å²) in [6.07, 6.45) is -0.146. The van der Waals surface area contributed by atoms with E-state index in [9.17, 15) is 4.39 Å². The van der Waals surface area contributed by atoms with E-state index in [2.05, 4.69) is 12.2 Å². The molecule has 1 aromatic carbocycles. The van der Waals surface area contributed by atoms with Gasteiger partial charge in [0.05, 0.1) is 12.7 Å². The van der Waals surface area contributed by atoms with E-state index >= 15 is 0 Å². The Morgan fingerprint density at radius 1 is 1.43 bits per heavy atom. The number of morpholine rings is 1. The predicted molar refractivity (Wildman–Crippen MR) is 52.6 cm³/mol. The molecule has 14 heavy (non-hydrogen) atoms. The summed E-state index contributed by atoms with van der Waals surface area (Å²) >= 11 is 0. The molecule has 2 rings (SSSR count). The maximum atomic E-state index is 13.4. The summed E-state index contributed by atoms with van der Waals surface area (Å²) in [7, 11) is 0. The molecule has 1 saturated heterocycles. The normalized spacial score (nSPS) is 27.6. The summed E-state index contributed by atoms with van der Waals surface area (Å²) in [5.41, 5.74) is 0.645. The van der Waals surface area contributed by atoms with Crippen molar-refractivity contribution in [3.05, 3.63) is 35.6 Å². The van der Waals surface area contributed by atoms with Crippen LogP contribution in [0.15, 0.2) is 24.3 Å². The van der Waals surface area contributed by atoms with Crippen LogP contribution in [0.25, 0.3) is 0 Å². The molecule has 0 aliphatic carbocycles. The highest BCUT2D eigenvalue weighted by molar-refractivity contribution is 5.20. The lowest BCUT2D eigenvalue weighted by atomic mass is 10.1. The Bertz CT molecular complexity index is 308. The highest BCUT2D eigenvalue weighted by atomic mass is 19.1. The lowest BCUT2D eigenvalue weighted by molar-refractivity contribution is 0.00503. The molecule has 2 unspecified atom stereocenters. The Hall–Kier alpha value is -0.930. The van der Waals surface area contributed by atoms with Gasteiger partial charge in [0, 0.05) is 18.2 Å². The first-order valence-corrected chi connectivity index (χ1v) is 4.87. The molecule has 0 spiro atoms. The summed E-state index contributed by atoms with van der Waals surface area (Å²) in [5.74, 6) is -0.186. The molecule has 0 radical (unpaired) electrons. The fourth-order valence-electron chi connectivity index (χ4n) is 1.62. The van der Waals surface area contributed by atoms with E-state index < -0.39 is 0 Å². The van der Waals surface area contributed by atoms with Crippen molar-refractivity contribution < 1.29 is 9.13 Å². The van der Waals surface area contributed by atoms with Gasteiger partial charge in [-0.1, -0.05) is 18.2 Å². The molecule has 1 heterocycles. The van der Waals surface area contributed by atoms with Gasteiger partial charge in [0.25, 0.3) is 0 Å². The minimum Gasteiger partial charge on any atom is -0.370 e. The minimum absolute atomic E-state index is 0.146. The third-order valence-electron chi connectivity index (χ3n) is 2.45. The molecule has 0 bridgehead atoms. The van der Waals surface area contributed by atoms with Crippen molar-refractivity contribution in [2.24, 2.45) is 0 Å². The first-order chi connectivity index (χ1) is 6.77. The van der Waals surface area contributed by atoms with Crippen LogP contribution in [0.1, 0.15) is 18.6 Å². The molecule has 1 fully saturated rings. The van der Waals surface area contributed by atoms with Crippen LogP contribution in [0, 0.1) is 5.82 Å². The monoisotopic (exact) mass is 195 g/mol. The van der Waals surface area contributed by atoms with Crippen molar-refractivity contribution in [1.82, 2.24) is 5.32 Å². The van der Waals surface area contributed by atoms with Crippen LogP contribution >= 0.6 is 0 Å². The van der Waals surface area contributed by atoms with Crippen LogP contribution in [0.3, 0.4) is 0 Å². The topological polar surface area (TPSA) is 21.3 Å². The minimum atomic E-state index is -0.186. The van der Waals surface area contributed by atoms with Gasteiger partial charge in [-0.2, -0.15) is 0 Å². The first kappa shape index (κ1) is 9.62. The van der Waals surface area contributed by atoms with E-state index in [0.717, 1.165) is 0 Å². The Labute approximate surface area is 83.1 Å². The third-order valence-corrected chi connectivity index (χ3v) is 2.45. The van der Waals surface area contributed by atoms with Crippen molar-refractivity contribution in [2.75, 3.05) is 13.2 Å². The number of rotatable bonds is 1. The van der Waals surface area contributed by atoms with Gasteiger partial charge < -0.3 is 10.1 Å². The van der Waals surface area contributed by atoms with E-state index in [1.807, 2.05) is 6.07 Å².